The van der Waals surface area contributed by atoms with E-state index < -0.39 is 0 Å². The SMILES string of the molecule is CC.CNC(Cc1ccc(OCC(C)C)cc1)C(C)C. The highest BCUT2D eigenvalue weighted by atomic mass is 16.5. The molecule has 1 N–H and O–H groups in total. The van der Waals surface area contributed by atoms with Crippen LogP contribution in [0.25, 0.3) is 0 Å². The zero-order chi connectivity index (χ0) is 15.5. The summed E-state index contributed by atoms with van der Waals surface area (Å²) in [6.07, 6.45) is 1.07. The average molecular weight is 279 g/mol. The minimum Gasteiger partial charge on any atom is -0.493 e. The number of benzene rings is 1. The van der Waals surface area contributed by atoms with Crippen LogP contribution in [0.2, 0.25) is 0 Å². The Hall–Kier alpha value is -1.02. The minimum atomic E-state index is 0.535. The van der Waals surface area contributed by atoms with Crippen molar-refractivity contribution in [2.75, 3.05) is 13.7 Å². The number of hydrogen-bond donors (Lipinski definition) is 1. The Balaban J connectivity index is 0.00000172. The lowest BCUT2D eigenvalue weighted by molar-refractivity contribution is 0.271. The molecule has 116 valence electrons. The summed E-state index contributed by atoms with van der Waals surface area (Å²) in [7, 11) is 2.03. The molecule has 1 atom stereocenters. The molecule has 0 amide bonds. The molecule has 0 radical (unpaired) electrons. The smallest absolute Gasteiger partial charge is 0.119 e. The van der Waals surface area contributed by atoms with Gasteiger partial charge in [-0.25, -0.2) is 0 Å². The Morgan fingerprint density at radius 2 is 1.55 bits per heavy atom. The molecule has 0 aliphatic heterocycles. The lowest BCUT2D eigenvalue weighted by Gasteiger charge is -2.20. The monoisotopic (exact) mass is 279 g/mol. The van der Waals surface area contributed by atoms with Gasteiger partial charge in [0.1, 0.15) is 5.75 Å². The number of nitrogens with one attached hydrogen (secondary N) is 1. The van der Waals surface area contributed by atoms with Crippen molar-refractivity contribution in [3.05, 3.63) is 29.8 Å². The Kier molecular flexibility index (Phi) is 10.2. The fourth-order valence-electron chi connectivity index (χ4n) is 1.91. The molecular weight excluding hydrogens is 246 g/mol. The molecule has 0 saturated carbocycles. The van der Waals surface area contributed by atoms with E-state index >= 15 is 0 Å². The van der Waals surface area contributed by atoms with E-state index in [0.717, 1.165) is 18.8 Å². The van der Waals surface area contributed by atoms with Crippen LogP contribution in [0.1, 0.15) is 47.1 Å². The van der Waals surface area contributed by atoms with Gasteiger partial charge in [0, 0.05) is 6.04 Å². The summed E-state index contributed by atoms with van der Waals surface area (Å²) in [5.74, 6) is 2.18. The Labute approximate surface area is 125 Å². The van der Waals surface area contributed by atoms with Gasteiger partial charge in [-0.3, -0.25) is 0 Å². The summed E-state index contributed by atoms with van der Waals surface area (Å²) in [5.41, 5.74) is 1.36. The summed E-state index contributed by atoms with van der Waals surface area (Å²) in [5, 5.41) is 3.37. The first-order chi connectivity index (χ1) is 9.52. The Morgan fingerprint density at radius 1 is 1.00 bits per heavy atom. The predicted molar refractivity (Wildman–Crippen MR) is 89.5 cm³/mol. The van der Waals surface area contributed by atoms with Crippen LogP contribution in [-0.2, 0) is 6.42 Å². The van der Waals surface area contributed by atoms with Gasteiger partial charge in [-0.1, -0.05) is 53.7 Å². The molecule has 1 rings (SSSR count). The molecule has 0 aliphatic rings. The van der Waals surface area contributed by atoms with E-state index in [-0.39, 0.29) is 0 Å². The van der Waals surface area contributed by atoms with E-state index in [1.807, 2.05) is 20.9 Å². The van der Waals surface area contributed by atoms with Gasteiger partial charge in [0.25, 0.3) is 0 Å². The zero-order valence-corrected chi connectivity index (χ0v) is 14.4. The van der Waals surface area contributed by atoms with Crippen molar-refractivity contribution >= 4 is 0 Å². The molecule has 0 aliphatic carbocycles. The Morgan fingerprint density at radius 3 is 1.95 bits per heavy atom. The topological polar surface area (TPSA) is 21.3 Å². The molecule has 0 heterocycles. The molecule has 2 nitrogen and oxygen atoms in total. The number of hydrogen-bond acceptors (Lipinski definition) is 2. The Bertz CT molecular complexity index is 330. The molecular formula is C18H33NO. The van der Waals surface area contributed by atoms with E-state index in [9.17, 15) is 0 Å². The average Bonchev–Trinajstić information content (AvgIpc) is 2.45. The van der Waals surface area contributed by atoms with E-state index in [1.165, 1.54) is 5.56 Å². The number of ether oxygens (including phenoxy) is 1. The van der Waals surface area contributed by atoms with Crippen molar-refractivity contribution in [1.82, 2.24) is 5.32 Å². The third-order valence-corrected chi connectivity index (χ3v) is 3.14. The van der Waals surface area contributed by atoms with Gasteiger partial charge in [0.05, 0.1) is 6.61 Å². The molecule has 0 saturated heterocycles. The highest BCUT2D eigenvalue weighted by Gasteiger charge is 2.11. The zero-order valence-electron chi connectivity index (χ0n) is 14.4. The van der Waals surface area contributed by atoms with E-state index in [1.54, 1.807) is 0 Å². The van der Waals surface area contributed by atoms with E-state index in [4.69, 9.17) is 4.74 Å². The van der Waals surface area contributed by atoms with Crippen molar-refractivity contribution in [2.24, 2.45) is 11.8 Å². The maximum atomic E-state index is 5.69. The van der Waals surface area contributed by atoms with Crippen molar-refractivity contribution in [3.63, 3.8) is 0 Å². The van der Waals surface area contributed by atoms with Crippen LogP contribution >= 0.6 is 0 Å². The van der Waals surface area contributed by atoms with Gasteiger partial charge in [-0.15, -0.1) is 0 Å². The quantitative estimate of drug-likeness (QED) is 0.791. The second-order valence-corrected chi connectivity index (χ2v) is 5.69. The molecule has 1 aromatic rings. The molecule has 0 spiro atoms. The van der Waals surface area contributed by atoms with Gasteiger partial charge in [0.2, 0.25) is 0 Å². The standard InChI is InChI=1S/C16H27NO.C2H6/c1-12(2)11-18-15-8-6-14(7-9-15)10-16(17-5)13(3)4;1-2/h6-9,12-13,16-17H,10-11H2,1-5H3;1-2H3. The summed E-state index contributed by atoms with van der Waals surface area (Å²) < 4.78 is 5.69. The first kappa shape index (κ1) is 19.0. The van der Waals surface area contributed by atoms with Gasteiger partial charge >= 0.3 is 0 Å². The van der Waals surface area contributed by atoms with Gasteiger partial charge in [0.15, 0.2) is 0 Å². The maximum Gasteiger partial charge on any atom is 0.119 e. The fourth-order valence-corrected chi connectivity index (χ4v) is 1.91. The first-order valence-electron chi connectivity index (χ1n) is 7.92. The van der Waals surface area contributed by atoms with Crippen LogP contribution in [0.4, 0.5) is 0 Å². The van der Waals surface area contributed by atoms with E-state index in [0.29, 0.717) is 17.9 Å². The number of likely N-dealkylation sites (N-methyl/N-ethyl adjacent to an activating group) is 1. The molecule has 1 unspecified atom stereocenters. The summed E-state index contributed by atoms with van der Waals surface area (Å²) >= 11 is 0. The predicted octanol–water partition coefficient (Wildman–Crippen LogP) is 4.53. The lowest BCUT2D eigenvalue weighted by atomic mass is 9.96. The van der Waals surface area contributed by atoms with Crippen molar-refractivity contribution in [1.29, 1.82) is 0 Å². The molecule has 20 heavy (non-hydrogen) atoms. The van der Waals surface area contributed by atoms with Crippen LogP contribution in [-0.4, -0.2) is 19.7 Å². The third kappa shape index (κ3) is 7.54. The van der Waals surface area contributed by atoms with Crippen LogP contribution in [0, 0.1) is 11.8 Å². The summed E-state index contributed by atoms with van der Waals surface area (Å²) in [6.45, 7) is 13.6. The van der Waals surface area contributed by atoms with Crippen LogP contribution in [0.5, 0.6) is 5.75 Å². The molecule has 0 aromatic heterocycles. The minimum absolute atomic E-state index is 0.535. The molecule has 1 aromatic carbocycles. The largest absolute Gasteiger partial charge is 0.493 e. The van der Waals surface area contributed by atoms with Crippen LogP contribution < -0.4 is 10.1 Å². The highest BCUT2D eigenvalue weighted by molar-refractivity contribution is 5.27. The fraction of sp³-hybridized carbons (Fsp3) is 0.667. The van der Waals surface area contributed by atoms with Gasteiger partial charge in [-0.05, 0) is 43.0 Å². The molecule has 2 heteroatoms. The maximum absolute atomic E-state index is 5.69. The van der Waals surface area contributed by atoms with Crippen LogP contribution in [0.15, 0.2) is 24.3 Å². The summed E-state index contributed by atoms with van der Waals surface area (Å²) in [4.78, 5) is 0. The van der Waals surface area contributed by atoms with Crippen molar-refractivity contribution in [3.8, 4) is 5.75 Å². The number of rotatable bonds is 7. The summed E-state index contributed by atoms with van der Waals surface area (Å²) in [6, 6.07) is 9.02. The van der Waals surface area contributed by atoms with Crippen molar-refractivity contribution < 1.29 is 4.74 Å². The molecule has 0 bridgehead atoms. The lowest BCUT2D eigenvalue weighted by Crippen LogP contribution is -2.32. The normalized spacial score (nSPS) is 12.1. The van der Waals surface area contributed by atoms with Crippen molar-refractivity contribution in [2.45, 2.75) is 54.0 Å². The second kappa shape index (κ2) is 10.7. The van der Waals surface area contributed by atoms with Gasteiger partial charge in [-0.2, -0.15) is 0 Å². The first-order valence-corrected chi connectivity index (χ1v) is 7.92. The third-order valence-electron chi connectivity index (χ3n) is 3.14. The second-order valence-electron chi connectivity index (χ2n) is 5.69. The van der Waals surface area contributed by atoms with E-state index in [2.05, 4.69) is 57.3 Å². The molecule has 0 fully saturated rings. The van der Waals surface area contributed by atoms with Crippen LogP contribution in [0.3, 0.4) is 0 Å². The highest BCUT2D eigenvalue weighted by Crippen LogP contribution is 2.16. The van der Waals surface area contributed by atoms with Gasteiger partial charge < -0.3 is 10.1 Å².